The van der Waals surface area contributed by atoms with Crippen LogP contribution in [0.2, 0.25) is 5.02 Å². The molecule has 0 unspecified atom stereocenters. The van der Waals surface area contributed by atoms with Crippen molar-refractivity contribution in [3.63, 3.8) is 0 Å². The van der Waals surface area contributed by atoms with Gasteiger partial charge in [-0.3, -0.25) is 0 Å². The number of nitrogens with zero attached hydrogens (tertiary/aromatic N) is 2. The molecule has 4 nitrogen and oxygen atoms in total. The molecule has 0 bridgehead atoms. The Bertz CT molecular complexity index is 772. The SMILES string of the molecule is O=C(Oc1ccc(Cl)cc1)c1snnc1Cc1ccccc1. The van der Waals surface area contributed by atoms with E-state index in [1.165, 1.54) is 0 Å². The summed E-state index contributed by atoms with van der Waals surface area (Å²) in [6.07, 6.45) is 0.544. The van der Waals surface area contributed by atoms with Gasteiger partial charge in [0, 0.05) is 11.4 Å². The lowest BCUT2D eigenvalue weighted by Crippen LogP contribution is -2.09. The van der Waals surface area contributed by atoms with Gasteiger partial charge in [-0.25, -0.2) is 4.79 Å². The fraction of sp³-hybridized carbons (Fsp3) is 0.0625. The number of hydrogen-bond acceptors (Lipinski definition) is 5. The lowest BCUT2D eigenvalue weighted by Gasteiger charge is -2.04. The van der Waals surface area contributed by atoms with E-state index in [0.29, 0.717) is 27.8 Å². The minimum atomic E-state index is -0.455. The Morgan fingerprint density at radius 3 is 2.55 bits per heavy atom. The summed E-state index contributed by atoms with van der Waals surface area (Å²) in [7, 11) is 0. The van der Waals surface area contributed by atoms with Gasteiger partial charge in [0.25, 0.3) is 0 Å². The number of rotatable bonds is 4. The molecule has 2 aromatic carbocycles. The van der Waals surface area contributed by atoms with Gasteiger partial charge in [-0.1, -0.05) is 46.4 Å². The average molecular weight is 331 g/mol. The third kappa shape index (κ3) is 3.50. The maximum absolute atomic E-state index is 12.2. The number of aromatic nitrogens is 2. The van der Waals surface area contributed by atoms with Gasteiger partial charge >= 0.3 is 5.97 Å². The molecule has 0 saturated heterocycles. The van der Waals surface area contributed by atoms with Gasteiger partial charge in [0.1, 0.15) is 5.75 Å². The van der Waals surface area contributed by atoms with Crippen LogP contribution >= 0.6 is 23.1 Å². The van der Waals surface area contributed by atoms with E-state index in [1.54, 1.807) is 24.3 Å². The zero-order valence-corrected chi connectivity index (χ0v) is 13.0. The monoisotopic (exact) mass is 330 g/mol. The summed E-state index contributed by atoms with van der Waals surface area (Å²) in [4.78, 5) is 12.7. The van der Waals surface area contributed by atoms with Crippen molar-refractivity contribution in [1.82, 2.24) is 9.59 Å². The number of esters is 1. The van der Waals surface area contributed by atoms with Crippen LogP contribution in [0.5, 0.6) is 5.75 Å². The van der Waals surface area contributed by atoms with Crippen molar-refractivity contribution in [2.45, 2.75) is 6.42 Å². The number of carbonyl (C=O) groups excluding carboxylic acids is 1. The maximum Gasteiger partial charge on any atom is 0.357 e. The number of halogens is 1. The quantitative estimate of drug-likeness (QED) is 0.536. The van der Waals surface area contributed by atoms with E-state index in [4.69, 9.17) is 16.3 Å². The van der Waals surface area contributed by atoms with E-state index < -0.39 is 5.97 Å². The van der Waals surface area contributed by atoms with Crippen molar-refractivity contribution in [3.8, 4) is 5.75 Å². The fourth-order valence-electron chi connectivity index (χ4n) is 1.92. The highest BCUT2D eigenvalue weighted by molar-refractivity contribution is 7.07. The van der Waals surface area contributed by atoms with Crippen molar-refractivity contribution >= 4 is 29.1 Å². The van der Waals surface area contributed by atoms with Crippen LogP contribution in [0.25, 0.3) is 0 Å². The molecule has 3 rings (SSSR count). The standard InChI is InChI=1S/C16H11ClN2O2S/c17-12-6-8-13(9-7-12)21-16(20)15-14(18-19-22-15)10-11-4-2-1-3-5-11/h1-9H,10H2. The van der Waals surface area contributed by atoms with Crippen LogP contribution < -0.4 is 4.74 Å². The molecule has 6 heteroatoms. The molecule has 0 atom stereocenters. The third-order valence-electron chi connectivity index (χ3n) is 2.98. The van der Waals surface area contributed by atoms with E-state index in [0.717, 1.165) is 17.1 Å². The Morgan fingerprint density at radius 2 is 1.82 bits per heavy atom. The van der Waals surface area contributed by atoms with Gasteiger partial charge in [-0.05, 0) is 41.4 Å². The molecule has 0 amide bonds. The van der Waals surface area contributed by atoms with Gasteiger partial charge < -0.3 is 4.74 Å². The molecule has 3 aromatic rings. The van der Waals surface area contributed by atoms with Crippen LogP contribution in [0, 0.1) is 0 Å². The molecule has 0 saturated carbocycles. The Balaban J connectivity index is 1.76. The second-order valence-electron chi connectivity index (χ2n) is 4.55. The molecule has 0 aliphatic rings. The zero-order valence-electron chi connectivity index (χ0n) is 11.4. The third-order valence-corrected chi connectivity index (χ3v) is 3.98. The van der Waals surface area contributed by atoms with Gasteiger partial charge in [0.2, 0.25) is 0 Å². The number of hydrogen-bond donors (Lipinski definition) is 0. The number of ether oxygens (including phenoxy) is 1. The molecule has 0 spiro atoms. The minimum absolute atomic E-state index is 0.416. The average Bonchev–Trinajstić information content (AvgIpc) is 2.99. The van der Waals surface area contributed by atoms with Crippen molar-refractivity contribution in [2.75, 3.05) is 0 Å². The predicted molar refractivity (Wildman–Crippen MR) is 85.6 cm³/mol. The summed E-state index contributed by atoms with van der Waals surface area (Å²) in [6, 6.07) is 16.4. The molecule has 0 N–H and O–H groups in total. The van der Waals surface area contributed by atoms with Crippen molar-refractivity contribution in [3.05, 3.63) is 75.8 Å². The van der Waals surface area contributed by atoms with E-state index in [1.807, 2.05) is 30.3 Å². The largest absolute Gasteiger partial charge is 0.422 e. The molecule has 0 radical (unpaired) electrons. The first kappa shape index (κ1) is 14.7. The lowest BCUT2D eigenvalue weighted by molar-refractivity contribution is 0.0738. The van der Waals surface area contributed by atoms with Gasteiger partial charge in [-0.2, -0.15) is 0 Å². The van der Waals surface area contributed by atoms with Gasteiger partial charge in [-0.15, -0.1) is 5.10 Å². The first-order valence-corrected chi connectivity index (χ1v) is 7.70. The highest BCUT2D eigenvalue weighted by Gasteiger charge is 2.18. The van der Waals surface area contributed by atoms with Crippen LogP contribution in [0.4, 0.5) is 0 Å². The normalized spacial score (nSPS) is 10.4. The Hall–Kier alpha value is -2.24. The highest BCUT2D eigenvalue weighted by Crippen LogP contribution is 2.20. The molecule has 1 aromatic heterocycles. The second kappa shape index (κ2) is 6.68. The van der Waals surface area contributed by atoms with Crippen molar-refractivity contribution in [2.24, 2.45) is 0 Å². The molecule has 22 heavy (non-hydrogen) atoms. The van der Waals surface area contributed by atoms with Crippen molar-refractivity contribution in [1.29, 1.82) is 0 Å². The topological polar surface area (TPSA) is 52.1 Å². The molecule has 110 valence electrons. The van der Waals surface area contributed by atoms with E-state index in [2.05, 4.69) is 9.59 Å². The Labute approximate surface area is 136 Å². The minimum Gasteiger partial charge on any atom is -0.422 e. The summed E-state index contributed by atoms with van der Waals surface area (Å²) >= 11 is 6.84. The van der Waals surface area contributed by atoms with Crippen LogP contribution in [-0.2, 0) is 6.42 Å². The summed E-state index contributed by atoms with van der Waals surface area (Å²) in [5, 5.41) is 4.62. The summed E-state index contributed by atoms with van der Waals surface area (Å²) in [5.41, 5.74) is 1.69. The number of benzene rings is 2. The summed E-state index contributed by atoms with van der Waals surface area (Å²) in [5.74, 6) is -0.0169. The first-order valence-electron chi connectivity index (χ1n) is 6.55. The molecular formula is C16H11ClN2O2S. The van der Waals surface area contributed by atoms with E-state index >= 15 is 0 Å². The smallest absolute Gasteiger partial charge is 0.357 e. The van der Waals surface area contributed by atoms with Gasteiger partial charge in [0.15, 0.2) is 4.88 Å². The van der Waals surface area contributed by atoms with Gasteiger partial charge in [0.05, 0.1) is 5.69 Å². The summed E-state index contributed by atoms with van der Waals surface area (Å²) < 4.78 is 9.19. The number of carbonyl (C=O) groups is 1. The van der Waals surface area contributed by atoms with Crippen LogP contribution in [0.15, 0.2) is 54.6 Å². The van der Waals surface area contributed by atoms with Crippen LogP contribution in [0.1, 0.15) is 20.9 Å². The highest BCUT2D eigenvalue weighted by atomic mass is 35.5. The van der Waals surface area contributed by atoms with Crippen LogP contribution in [-0.4, -0.2) is 15.6 Å². The van der Waals surface area contributed by atoms with Crippen LogP contribution in [0.3, 0.4) is 0 Å². The van der Waals surface area contributed by atoms with Crippen molar-refractivity contribution < 1.29 is 9.53 Å². The molecule has 0 aliphatic heterocycles. The fourth-order valence-corrected chi connectivity index (χ4v) is 2.61. The van der Waals surface area contributed by atoms with E-state index in [9.17, 15) is 4.79 Å². The van der Waals surface area contributed by atoms with E-state index in [-0.39, 0.29) is 0 Å². The zero-order chi connectivity index (χ0) is 15.4. The Kier molecular flexibility index (Phi) is 4.46. The molecule has 1 heterocycles. The summed E-state index contributed by atoms with van der Waals surface area (Å²) in [6.45, 7) is 0. The molecule has 0 aliphatic carbocycles. The maximum atomic E-state index is 12.2. The molecular weight excluding hydrogens is 320 g/mol. The predicted octanol–water partition coefficient (Wildman–Crippen LogP) is 4.00. The molecule has 0 fully saturated rings. The Morgan fingerprint density at radius 1 is 1.09 bits per heavy atom. The lowest BCUT2D eigenvalue weighted by atomic mass is 10.1. The first-order chi connectivity index (χ1) is 10.7. The second-order valence-corrected chi connectivity index (χ2v) is 5.75.